The molecule has 2 fully saturated rings. The summed E-state index contributed by atoms with van der Waals surface area (Å²) < 4.78 is 0. The lowest BCUT2D eigenvalue weighted by atomic mass is 9.84. The first kappa shape index (κ1) is 17.3. The Morgan fingerprint density at radius 1 is 0.833 bits per heavy atom. The van der Waals surface area contributed by atoms with Gasteiger partial charge in [-0.05, 0) is 73.0 Å². The largest absolute Gasteiger partial charge is 0.103 e. The summed E-state index contributed by atoms with van der Waals surface area (Å²) in [7, 11) is 0. The fourth-order valence-corrected chi connectivity index (χ4v) is 5.62. The van der Waals surface area contributed by atoms with Gasteiger partial charge in [-0.1, -0.05) is 48.6 Å². The second-order valence-corrected chi connectivity index (χ2v) is 7.89. The van der Waals surface area contributed by atoms with Gasteiger partial charge >= 0.3 is 0 Å². The molecule has 0 aromatic carbocycles. The molecule has 0 spiro atoms. The van der Waals surface area contributed by atoms with Crippen LogP contribution in [0.2, 0.25) is 0 Å². The molecule has 0 radical (unpaired) electrons. The molecule has 2 saturated carbocycles. The van der Waals surface area contributed by atoms with Crippen LogP contribution in [0.25, 0.3) is 0 Å². The van der Waals surface area contributed by atoms with Crippen molar-refractivity contribution in [3.05, 3.63) is 74.9 Å². The van der Waals surface area contributed by atoms with Crippen LogP contribution < -0.4 is 0 Å². The van der Waals surface area contributed by atoms with E-state index in [0.717, 1.165) is 18.3 Å². The van der Waals surface area contributed by atoms with Crippen LogP contribution in [0.5, 0.6) is 0 Å². The van der Waals surface area contributed by atoms with Crippen molar-refractivity contribution in [1.82, 2.24) is 0 Å². The van der Waals surface area contributed by atoms with Crippen molar-refractivity contribution >= 4 is 0 Å². The molecule has 0 aromatic heterocycles. The van der Waals surface area contributed by atoms with E-state index in [4.69, 9.17) is 0 Å². The summed E-state index contributed by atoms with van der Waals surface area (Å²) in [6.45, 7) is 16.2. The van der Waals surface area contributed by atoms with Crippen LogP contribution in [0.1, 0.15) is 25.7 Å². The summed E-state index contributed by atoms with van der Waals surface area (Å²) in [5.74, 6) is 5.25. The van der Waals surface area contributed by atoms with Gasteiger partial charge in [-0.2, -0.15) is 0 Å². The molecule has 3 aliphatic rings. The maximum atomic E-state index is 4.13. The van der Waals surface area contributed by atoms with Crippen molar-refractivity contribution < 1.29 is 0 Å². The van der Waals surface area contributed by atoms with Gasteiger partial charge < -0.3 is 0 Å². The van der Waals surface area contributed by atoms with E-state index in [2.05, 4.69) is 74.9 Å². The van der Waals surface area contributed by atoms with Gasteiger partial charge in [-0.15, -0.1) is 26.3 Å². The molecule has 2 unspecified atom stereocenters. The zero-order chi connectivity index (χ0) is 17.1. The highest BCUT2D eigenvalue weighted by Gasteiger charge is 2.42. The van der Waals surface area contributed by atoms with Gasteiger partial charge in [0.2, 0.25) is 0 Å². The van der Waals surface area contributed by atoms with E-state index >= 15 is 0 Å². The van der Waals surface area contributed by atoms with Crippen molar-refractivity contribution in [1.29, 1.82) is 0 Å². The lowest BCUT2D eigenvalue weighted by molar-refractivity contribution is 0.387. The molecule has 3 rings (SSSR count). The number of hydrogen-bond acceptors (Lipinski definition) is 0. The van der Waals surface area contributed by atoms with Crippen LogP contribution in [0.3, 0.4) is 0 Å². The molecule has 8 atom stereocenters. The number of rotatable bonds is 7. The van der Waals surface area contributed by atoms with Gasteiger partial charge in [0.15, 0.2) is 0 Å². The van der Waals surface area contributed by atoms with Gasteiger partial charge in [0, 0.05) is 0 Å². The van der Waals surface area contributed by atoms with Crippen LogP contribution in [0.4, 0.5) is 0 Å². The van der Waals surface area contributed by atoms with Gasteiger partial charge in [-0.3, -0.25) is 0 Å². The Bertz CT molecular complexity index is 548. The van der Waals surface area contributed by atoms with Crippen LogP contribution in [0, 0.1) is 47.3 Å². The average Bonchev–Trinajstić information content (AvgIpc) is 3.27. The standard InChI is InChI=1S/C24H32/c1-5-10-22-17(6-2)15-19(21(22)8-4)13-14-20-16-18(7-3)23-11-9-12-24(20)23/h5-9,12-14,17-24H,1-4,10-11,15-16H2/b14-13+/t17-,18-,19-,20+,21+,22-,23?,24?/m0/s1. The molecule has 0 saturated heterocycles. The summed E-state index contributed by atoms with van der Waals surface area (Å²) >= 11 is 0. The minimum absolute atomic E-state index is 0.550. The van der Waals surface area contributed by atoms with E-state index in [0.29, 0.717) is 35.5 Å². The first-order valence-electron chi connectivity index (χ1n) is 9.57. The Kier molecular flexibility index (Phi) is 5.43. The second-order valence-electron chi connectivity index (χ2n) is 7.89. The second kappa shape index (κ2) is 7.55. The van der Waals surface area contributed by atoms with E-state index in [1.54, 1.807) is 0 Å². The molecule has 24 heavy (non-hydrogen) atoms. The van der Waals surface area contributed by atoms with Crippen molar-refractivity contribution in [2.45, 2.75) is 25.7 Å². The quantitative estimate of drug-likeness (QED) is 0.478. The predicted octanol–water partition coefficient (Wildman–Crippen LogP) is 6.37. The zero-order valence-electron chi connectivity index (χ0n) is 14.9. The van der Waals surface area contributed by atoms with Crippen LogP contribution in [-0.2, 0) is 0 Å². The molecule has 128 valence electrons. The van der Waals surface area contributed by atoms with Crippen LogP contribution in [0.15, 0.2) is 74.9 Å². The SMILES string of the molecule is C=CC[C@@H]1[C@H](C=C)[C@@H](/C=C/[C@@H]2C[C@H](C=C)C3CC=CC32)C[C@@H]1C=C. The summed E-state index contributed by atoms with van der Waals surface area (Å²) in [6, 6.07) is 0. The third-order valence-corrected chi connectivity index (χ3v) is 6.85. The number of hydrogen-bond donors (Lipinski definition) is 0. The lowest BCUT2D eigenvalue weighted by Gasteiger charge is -2.21. The Hall–Kier alpha value is -1.56. The van der Waals surface area contributed by atoms with Crippen LogP contribution >= 0.6 is 0 Å². The third kappa shape index (κ3) is 3.04. The minimum atomic E-state index is 0.550. The summed E-state index contributed by atoms with van der Waals surface area (Å²) in [6.07, 6.45) is 23.2. The number of fused-ring (bicyclic) bond motifs is 1. The predicted molar refractivity (Wildman–Crippen MR) is 105 cm³/mol. The smallest absolute Gasteiger partial charge is 0.0133 e. The molecule has 0 heteroatoms. The Morgan fingerprint density at radius 3 is 2.21 bits per heavy atom. The molecule has 0 heterocycles. The van der Waals surface area contributed by atoms with Crippen LogP contribution in [-0.4, -0.2) is 0 Å². The molecule has 3 aliphatic carbocycles. The first-order chi connectivity index (χ1) is 11.7. The maximum absolute atomic E-state index is 4.13. The van der Waals surface area contributed by atoms with Gasteiger partial charge in [-0.25, -0.2) is 0 Å². The highest BCUT2D eigenvalue weighted by Crippen LogP contribution is 2.50. The minimum Gasteiger partial charge on any atom is -0.103 e. The average molecular weight is 321 g/mol. The van der Waals surface area contributed by atoms with E-state index in [1.165, 1.54) is 19.3 Å². The van der Waals surface area contributed by atoms with E-state index in [1.807, 2.05) is 0 Å². The van der Waals surface area contributed by atoms with Crippen molar-refractivity contribution in [2.24, 2.45) is 47.3 Å². The lowest BCUT2D eigenvalue weighted by Crippen LogP contribution is -2.14. The van der Waals surface area contributed by atoms with Crippen molar-refractivity contribution in [3.8, 4) is 0 Å². The maximum Gasteiger partial charge on any atom is -0.0133 e. The molecular weight excluding hydrogens is 288 g/mol. The summed E-state index contributed by atoms with van der Waals surface area (Å²) in [5.41, 5.74) is 0. The normalized spacial score (nSPS) is 43.8. The van der Waals surface area contributed by atoms with Gasteiger partial charge in [0.1, 0.15) is 0 Å². The Labute approximate surface area is 148 Å². The molecule has 0 nitrogen and oxygen atoms in total. The van der Waals surface area contributed by atoms with Gasteiger partial charge in [0.05, 0.1) is 0 Å². The molecule has 0 bridgehead atoms. The molecule has 0 amide bonds. The zero-order valence-corrected chi connectivity index (χ0v) is 14.9. The monoisotopic (exact) mass is 320 g/mol. The summed E-state index contributed by atoms with van der Waals surface area (Å²) in [5, 5.41) is 0. The molecule has 0 aliphatic heterocycles. The third-order valence-electron chi connectivity index (χ3n) is 6.85. The number of allylic oxidation sites excluding steroid dienone is 8. The molecule has 0 aromatic rings. The first-order valence-corrected chi connectivity index (χ1v) is 9.57. The van der Waals surface area contributed by atoms with Gasteiger partial charge in [0.25, 0.3) is 0 Å². The highest BCUT2D eigenvalue weighted by molar-refractivity contribution is 5.18. The van der Waals surface area contributed by atoms with Crippen molar-refractivity contribution in [3.63, 3.8) is 0 Å². The van der Waals surface area contributed by atoms with E-state index in [-0.39, 0.29) is 0 Å². The van der Waals surface area contributed by atoms with Crippen molar-refractivity contribution in [2.75, 3.05) is 0 Å². The fraction of sp³-hybridized carbons (Fsp3) is 0.500. The Balaban J connectivity index is 1.72. The Morgan fingerprint density at radius 2 is 1.54 bits per heavy atom. The molecule has 0 N–H and O–H groups in total. The highest BCUT2D eigenvalue weighted by atomic mass is 14.5. The van der Waals surface area contributed by atoms with E-state index in [9.17, 15) is 0 Å². The topological polar surface area (TPSA) is 0 Å². The molecular formula is C24H32. The fourth-order valence-electron chi connectivity index (χ4n) is 5.62. The van der Waals surface area contributed by atoms with E-state index < -0.39 is 0 Å². The summed E-state index contributed by atoms with van der Waals surface area (Å²) in [4.78, 5) is 0.